The second-order valence-corrected chi connectivity index (χ2v) is 6.87. The summed E-state index contributed by atoms with van der Waals surface area (Å²) < 4.78 is 0. The van der Waals surface area contributed by atoms with Crippen molar-refractivity contribution in [3.05, 3.63) is 78.5 Å². The summed E-state index contributed by atoms with van der Waals surface area (Å²) in [4.78, 5) is 12.1. The van der Waals surface area contributed by atoms with Gasteiger partial charge in [-0.15, -0.1) is 11.6 Å². The van der Waals surface area contributed by atoms with Gasteiger partial charge in [-0.1, -0.05) is 24.1 Å². The van der Waals surface area contributed by atoms with E-state index >= 15 is 0 Å². The maximum absolute atomic E-state index is 9.25. The predicted molar refractivity (Wildman–Crippen MR) is 105 cm³/mol. The van der Waals surface area contributed by atoms with Crippen LogP contribution in [0.4, 0.5) is 5.82 Å². The van der Waals surface area contributed by atoms with Crippen molar-refractivity contribution in [3.63, 3.8) is 0 Å². The van der Waals surface area contributed by atoms with Crippen LogP contribution in [-0.4, -0.2) is 20.2 Å². The van der Waals surface area contributed by atoms with Crippen LogP contribution in [0.1, 0.15) is 18.5 Å². The summed E-state index contributed by atoms with van der Waals surface area (Å²) in [5.41, 5.74) is 2.11. The van der Waals surface area contributed by atoms with Gasteiger partial charge in [0.2, 0.25) is 0 Å². The standard InChI is InChI=1S/C21H16ClN5/c22-17-4-1-3-16(13-17)7-8-18-5-2-6-19-15-26(11-12-27(18)19)21-20(14-23)24-9-10-25-21/h1-3,5-6,9-12,15-17H,4,13H2. The number of aromatic nitrogens is 2. The van der Waals surface area contributed by atoms with Crippen LogP contribution in [0.15, 0.2) is 72.8 Å². The molecule has 1 aromatic rings. The largest absolute Gasteiger partial charge is 0.307 e. The van der Waals surface area contributed by atoms with Crippen LogP contribution in [0, 0.1) is 29.1 Å². The van der Waals surface area contributed by atoms with Gasteiger partial charge in [0.15, 0.2) is 11.5 Å². The number of anilines is 1. The maximum Gasteiger partial charge on any atom is 0.183 e. The molecule has 5 nitrogen and oxygen atoms in total. The van der Waals surface area contributed by atoms with Crippen molar-refractivity contribution in [1.82, 2.24) is 14.9 Å². The average molecular weight is 374 g/mol. The fraction of sp³-hybridized carbons (Fsp3) is 0.190. The van der Waals surface area contributed by atoms with Crippen molar-refractivity contribution in [2.45, 2.75) is 18.2 Å². The number of nitriles is 1. The third-order valence-corrected chi connectivity index (χ3v) is 4.75. The van der Waals surface area contributed by atoms with Crippen LogP contribution in [-0.2, 0) is 0 Å². The summed E-state index contributed by atoms with van der Waals surface area (Å²) in [6.45, 7) is 0. The molecule has 0 saturated carbocycles. The van der Waals surface area contributed by atoms with Gasteiger partial charge in [-0.25, -0.2) is 9.97 Å². The zero-order chi connectivity index (χ0) is 18.6. The van der Waals surface area contributed by atoms with Gasteiger partial charge in [0.25, 0.3) is 0 Å². The number of alkyl halides is 1. The van der Waals surface area contributed by atoms with Crippen molar-refractivity contribution in [1.29, 1.82) is 5.26 Å². The molecule has 132 valence electrons. The van der Waals surface area contributed by atoms with Gasteiger partial charge in [-0.2, -0.15) is 5.26 Å². The van der Waals surface area contributed by atoms with Gasteiger partial charge in [-0.3, -0.25) is 0 Å². The number of hydrogen-bond acceptors (Lipinski definition) is 5. The third kappa shape index (κ3) is 3.65. The van der Waals surface area contributed by atoms with Gasteiger partial charge in [0.1, 0.15) is 6.07 Å². The smallest absolute Gasteiger partial charge is 0.183 e. The lowest BCUT2D eigenvalue weighted by Gasteiger charge is -2.30. The highest BCUT2D eigenvalue weighted by atomic mass is 35.5. The molecule has 2 atom stereocenters. The minimum atomic E-state index is 0.162. The van der Waals surface area contributed by atoms with Gasteiger partial charge < -0.3 is 9.80 Å². The summed E-state index contributed by atoms with van der Waals surface area (Å²) in [5.74, 6) is 7.27. The first-order chi connectivity index (χ1) is 13.2. The number of allylic oxidation sites excluding steroid dienone is 6. The lowest BCUT2D eigenvalue weighted by atomic mass is 9.96. The second kappa shape index (κ2) is 7.53. The van der Waals surface area contributed by atoms with E-state index in [1.165, 1.54) is 6.20 Å². The van der Waals surface area contributed by atoms with Crippen molar-refractivity contribution >= 4 is 17.4 Å². The summed E-state index contributed by atoms with van der Waals surface area (Å²) in [5, 5.41) is 9.41. The number of halogens is 1. The van der Waals surface area contributed by atoms with Gasteiger partial charge in [0.05, 0.1) is 11.4 Å². The fourth-order valence-corrected chi connectivity index (χ4v) is 3.37. The van der Waals surface area contributed by atoms with E-state index < -0.39 is 0 Å². The second-order valence-electron chi connectivity index (χ2n) is 6.25. The minimum Gasteiger partial charge on any atom is -0.307 e. The molecular formula is C21H16ClN5. The van der Waals surface area contributed by atoms with Crippen LogP contribution in [0.3, 0.4) is 0 Å². The molecule has 6 heteroatoms. The summed E-state index contributed by atoms with van der Waals surface area (Å²) >= 11 is 6.23. The predicted octanol–water partition coefficient (Wildman–Crippen LogP) is 3.81. The molecule has 0 saturated heterocycles. The SMILES string of the molecule is N#Cc1nccnc1N1C=CN2C(C#CC3C=CCC(Cl)C3)=CC=CC2=C1. The monoisotopic (exact) mass is 373 g/mol. The topological polar surface area (TPSA) is 56.1 Å². The van der Waals surface area contributed by atoms with Gasteiger partial charge >= 0.3 is 0 Å². The Kier molecular flexibility index (Phi) is 4.78. The third-order valence-electron chi connectivity index (χ3n) is 4.39. The highest BCUT2D eigenvalue weighted by Gasteiger charge is 2.20. The lowest BCUT2D eigenvalue weighted by molar-refractivity contribution is 0.596. The number of rotatable bonds is 1. The van der Waals surface area contributed by atoms with E-state index in [4.69, 9.17) is 11.6 Å². The van der Waals surface area contributed by atoms with Crippen molar-refractivity contribution < 1.29 is 0 Å². The first kappa shape index (κ1) is 17.1. The van der Waals surface area contributed by atoms with E-state index in [9.17, 15) is 5.26 Å². The van der Waals surface area contributed by atoms with E-state index in [1.54, 1.807) is 11.1 Å². The summed E-state index contributed by atoms with van der Waals surface area (Å²) in [7, 11) is 0. The molecule has 2 aliphatic heterocycles. The molecule has 3 aliphatic rings. The van der Waals surface area contributed by atoms with Crippen LogP contribution in [0.5, 0.6) is 0 Å². The quantitative estimate of drug-likeness (QED) is 0.425. The molecule has 0 N–H and O–H groups in total. The Morgan fingerprint density at radius 3 is 2.96 bits per heavy atom. The highest BCUT2D eigenvalue weighted by Crippen LogP contribution is 2.27. The minimum absolute atomic E-state index is 0.162. The van der Waals surface area contributed by atoms with E-state index in [0.29, 0.717) is 5.82 Å². The number of nitrogens with zero attached hydrogens (tertiary/aromatic N) is 5. The summed E-state index contributed by atoms with van der Waals surface area (Å²) in [6, 6.07) is 2.07. The average Bonchev–Trinajstić information content (AvgIpc) is 2.71. The van der Waals surface area contributed by atoms with Crippen molar-refractivity contribution in [2.24, 2.45) is 5.92 Å². The Morgan fingerprint density at radius 1 is 1.22 bits per heavy atom. The molecule has 0 amide bonds. The van der Waals surface area contributed by atoms with Crippen LogP contribution in [0.25, 0.3) is 0 Å². The van der Waals surface area contributed by atoms with Crippen LogP contribution < -0.4 is 4.90 Å². The fourth-order valence-electron chi connectivity index (χ4n) is 3.08. The Balaban J connectivity index is 1.57. The maximum atomic E-state index is 9.25. The van der Waals surface area contributed by atoms with E-state index in [2.05, 4.69) is 40.0 Å². The van der Waals surface area contributed by atoms with Gasteiger partial charge in [-0.05, 0) is 30.9 Å². The lowest BCUT2D eigenvalue weighted by Crippen LogP contribution is -2.25. The highest BCUT2D eigenvalue weighted by molar-refractivity contribution is 6.20. The summed E-state index contributed by atoms with van der Waals surface area (Å²) in [6.07, 6.45) is 20.7. The van der Waals surface area contributed by atoms with Crippen LogP contribution in [0.2, 0.25) is 0 Å². The number of hydrogen-bond donors (Lipinski definition) is 0. The Bertz CT molecular complexity index is 999. The zero-order valence-electron chi connectivity index (χ0n) is 14.5. The first-order valence-electron chi connectivity index (χ1n) is 8.64. The molecule has 4 rings (SSSR count). The van der Waals surface area contributed by atoms with E-state index in [0.717, 1.165) is 24.2 Å². The molecule has 1 aromatic heterocycles. The van der Waals surface area contributed by atoms with E-state index in [1.807, 2.05) is 41.7 Å². The molecule has 0 radical (unpaired) electrons. The molecule has 2 unspecified atom stereocenters. The van der Waals surface area contributed by atoms with E-state index in [-0.39, 0.29) is 17.0 Å². The number of fused-ring (bicyclic) bond motifs is 1. The van der Waals surface area contributed by atoms with Crippen LogP contribution >= 0.6 is 11.6 Å². The Morgan fingerprint density at radius 2 is 2.11 bits per heavy atom. The molecule has 0 fully saturated rings. The molecule has 0 spiro atoms. The van der Waals surface area contributed by atoms with Gasteiger partial charge in [0, 0.05) is 42.3 Å². The molecular weight excluding hydrogens is 358 g/mol. The Labute approximate surface area is 163 Å². The molecule has 3 heterocycles. The zero-order valence-corrected chi connectivity index (χ0v) is 15.2. The molecule has 0 aromatic carbocycles. The van der Waals surface area contributed by atoms with Crippen molar-refractivity contribution in [3.8, 4) is 17.9 Å². The molecule has 1 aliphatic carbocycles. The van der Waals surface area contributed by atoms with Crippen molar-refractivity contribution in [2.75, 3.05) is 4.90 Å². The molecule has 27 heavy (non-hydrogen) atoms. The first-order valence-corrected chi connectivity index (χ1v) is 9.07. The molecule has 0 bridgehead atoms. The normalized spacial score (nSPS) is 23.0. The Hall–Kier alpha value is -3.28.